The number of ether oxygens (including phenoxy) is 1. The van der Waals surface area contributed by atoms with E-state index in [-0.39, 0.29) is 41.7 Å². The van der Waals surface area contributed by atoms with Crippen molar-refractivity contribution in [3.8, 4) is 5.69 Å². The van der Waals surface area contributed by atoms with Crippen LogP contribution in [0.3, 0.4) is 0 Å². The van der Waals surface area contributed by atoms with Crippen LogP contribution in [0.5, 0.6) is 0 Å². The molecule has 0 aliphatic carbocycles. The summed E-state index contributed by atoms with van der Waals surface area (Å²) in [6.45, 7) is 1.53. The highest BCUT2D eigenvalue weighted by atomic mass is 17.1. The maximum absolute atomic E-state index is 14.3. The summed E-state index contributed by atoms with van der Waals surface area (Å²) in [4.78, 5) is 52.2. The van der Waals surface area contributed by atoms with Gasteiger partial charge in [-0.25, -0.2) is 14.6 Å². The van der Waals surface area contributed by atoms with Crippen LogP contribution in [-0.2, 0) is 27.7 Å². The van der Waals surface area contributed by atoms with E-state index in [9.17, 15) is 14.4 Å². The van der Waals surface area contributed by atoms with Gasteiger partial charge in [-0.2, -0.15) is 5.01 Å². The molecule has 0 saturated carbocycles. The van der Waals surface area contributed by atoms with E-state index in [0.29, 0.717) is 22.5 Å². The van der Waals surface area contributed by atoms with E-state index in [2.05, 4.69) is 14.9 Å². The van der Waals surface area contributed by atoms with Gasteiger partial charge in [-0.1, -0.05) is 48.6 Å². The molecule has 236 valence electrons. The van der Waals surface area contributed by atoms with Gasteiger partial charge in [0, 0.05) is 19.8 Å². The second kappa shape index (κ2) is 14.1. The van der Waals surface area contributed by atoms with Crippen molar-refractivity contribution in [2.45, 2.75) is 20.1 Å². The van der Waals surface area contributed by atoms with Crippen LogP contribution >= 0.6 is 0 Å². The molecule has 0 fully saturated rings. The first kappa shape index (κ1) is 32.0. The lowest BCUT2D eigenvalue weighted by atomic mass is 10.0. The SMILES string of the molecule is CCOC(=O)c1c2c(n(-c3ccc(COO)cc3)c(=O)/c1=C\C=C\c1ccc(N(C)C)cc1)=NN(c1ccc(COO)cc1)C2=O. The highest BCUT2D eigenvalue weighted by molar-refractivity contribution is 6.13. The third kappa shape index (κ3) is 6.50. The first-order valence-electron chi connectivity index (χ1n) is 14.3. The molecule has 46 heavy (non-hydrogen) atoms. The topological polar surface area (TPSA) is 143 Å². The van der Waals surface area contributed by atoms with Crippen molar-refractivity contribution in [1.82, 2.24) is 4.57 Å². The smallest absolute Gasteiger partial charge is 0.339 e. The molecular formula is C34H32N4O8. The molecule has 0 spiro atoms. The van der Waals surface area contributed by atoms with E-state index >= 15 is 0 Å². The van der Waals surface area contributed by atoms with Gasteiger partial charge in [0.15, 0.2) is 5.49 Å². The van der Waals surface area contributed by atoms with Gasteiger partial charge >= 0.3 is 5.97 Å². The number of carbonyl (C=O) groups is 2. The van der Waals surface area contributed by atoms with E-state index < -0.39 is 17.4 Å². The number of fused-ring (bicyclic) bond motifs is 1. The van der Waals surface area contributed by atoms with Gasteiger partial charge in [-0.15, -0.1) is 5.10 Å². The number of hydrogen-bond donors (Lipinski definition) is 2. The molecule has 0 atom stereocenters. The fourth-order valence-electron chi connectivity index (χ4n) is 4.97. The third-order valence-corrected chi connectivity index (χ3v) is 7.27. The van der Waals surface area contributed by atoms with Gasteiger partial charge in [-0.3, -0.25) is 24.7 Å². The number of allylic oxidation sites excluding steroid dienone is 1. The Kier molecular flexibility index (Phi) is 9.84. The molecule has 0 saturated heterocycles. The number of hydrogen-bond acceptors (Lipinski definition) is 10. The molecule has 0 bridgehead atoms. The Labute approximate surface area is 263 Å². The van der Waals surface area contributed by atoms with E-state index in [1.54, 1.807) is 67.6 Å². The Hall–Kier alpha value is -5.40. The van der Waals surface area contributed by atoms with Gasteiger partial charge in [0.1, 0.15) is 18.8 Å². The average molecular weight is 625 g/mol. The van der Waals surface area contributed by atoms with Gasteiger partial charge in [0.25, 0.3) is 11.5 Å². The quantitative estimate of drug-likeness (QED) is 0.145. The maximum Gasteiger partial charge on any atom is 0.339 e. The maximum atomic E-state index is 14.3. The van der Waals surface area contributed by atoms with Gasteiger partial charge in [-0.05, 0) is 66.1 Å². The van der Waals surface area contributed by atoms with Crippen LogP contribution in [0, 0.1) is 0 Å². The molecular weight excluding hydrogens is 592 g/mol. The summed E-state index contributed by atoms with van der Waals surface area (Å²) >= 11 is 0. The van der Waals surface area contributed by atoms with Crippen molar-refractivity contribution in [2.75, 3.05) is 30.6 Å². The van der Waals surface area contributed by atoms with Crippen molar-refractivity contribution in [1.29, 1.82) is 0 Å². The Bertz CT molecular complexity index is 1950. The monoisotopic (exact) mass is 624 g/mol. The predicted octanol–water partition coefficient (Wildman–Crippen LogP) is 3.75. The van der Waals surface area contributed by atoms with Crippen LogP contribution in [0.15, 0.2) is 88.8 Å². The molecule has 1 aliphatic heterocycles. The molecule has 0 unspecified atom stereocenters. The van der Waals surface area contributed by atoms with Crippen LogP contribution in [-0.4, -0.2) is 47.7 Å². The van der Waals surface area contributed by atoms with E-state index in [0.717, 1.165) is 16.3 Å². The third-order valence-electron chi connectivity index (χ3n) is 7.27. The summed E-state index contributed by atoms with van der Waals surface area (Å²) < 4.78 is 6.61. The Morgan fingerprint density at radius 3 is 2.00 bits per heavy atom. The summed E-state index contributed by atoms with van der Waals surface area (Å²) in [5.41, 5.74) is 2.94. The molecule has 2 heterocycles. The van der Waals surface area contributed by atoms with Crippen molar-refractivity contribution in [2.24, 2.45) is 5.10 Å². The Balaban J connectivity index is 1.74. The van der Waals surface area contributed by atoms with Gasteiger partial charge in [0.05, 0.1) is 28.8 Å². The molecule has 2 N–H and O–H groups in total. The lowest BCUT2D eigenvalue weighted by molar-refractivity contribution is -0.253. The van der Waals surface area contributed by atoms with Gasteiger partial charge in [0.2, 0.25) is 0 Å². The van der Waals surface area contributed by atoms with Crippen LogP contribution in [0.25, 0.3) is 17.8 Å². The number of benzene rings is 3. The van der Waals surface area contributed by atoms with E-state index in [1.807, 2.05) is 43.3 Å². The first-order chi connectivity index (χ1) is 22.3. The van der Waals surface area contributed by atoms with E-state index in [1.165, 1.54) is 10.6 Å². The number of carbonyl (C=O) groups excluding carboxylic acids is 2. The second-order valence-electron chi connectivity index (χ2n) is 10.5. The predicted molar refractivity (Wildman–Crippen MR) is 171 cm³/mol. The summed E-state index contributed by atoms with van der Waals surface area (Å²) in [5.74, 6) is -1.48. The standard InChI is InChI=1S/C34H32N4O8/c1-4-44-34(41)29-28(7-5-6-22-8-14-25(15-9-22)36(2)3)32(39)37(26-16-10-23(11-17-26)20-45-42)31-30(29)33(40)38(35-31)27-18-12-24(13-19-27)21-46-43/h5-19,42-43H,4,20-21H2,1-3H3/b6-5+,28-7-. The summed E-state index contributed by atoms with van der Waals surface area (Å²) in [6, 6.07) is 20.8. The molecule has 1 aromatic heterocycles. The minimum atomic E-state index is -0.839. The van der Waals surface area contributed by atoms with Crippen LogP contribution < -0.4 is 26.2 Å². The van der Waals surface area contributed by atoms with Crippen molar-refractivity contribution in [3.63, 3.8) is 0 Å². The zero-order valence-corrected chi connectivity index (χ0v) is 25.4. The summed E-state index contributed by atoms with van der Waals surface area (Å²) in [6.07, 6.45) is 4.91. The number of anilines is 2. The second-order valence-corrected chi connectivity index (χ2v) is 10.5. The lowest BCUT2D eigenvalue weighted by Gasteiger charge is -2.13. The fraction of sp³-hybridized carbons (Fsp3) is 0.176. The zero-order chi connectivity index (χ0) is 32.8. The number of esters is 1. The molecule has 12 nitrogen and oxygen atoms in total. The first-order valence-corrected chi connectivity index (χ1v) is 14.3. The molecule has 5 rings (SSSR count). The van der Waals surface area contributed by atoms with Crippen molar-refractivity contribution < 1.29 is 34.6 Å². The molecule has 3 aromatic carbocycles. The zero-order valence-electron chi connectivity index (χ0n) is 25.4. The minimum absolute atomic E-state index is 0.0159. The van der Waals surface area contributed by atoms with Crippen LogP contribution in [0.2, 0.25) is 0 Å². The molecule has 1 amide bonds. The number of amides is 1. The largest absolute Gasteiger partial charge is 0.462 e. The highest BCUT2D eigenvalue weighted by Crippen LogP contribution is 2.22. The Morgan fingerprint density at radius 2 is 1.46 bits per heavy atom. The molecule has 12 heteroatoms. The van der Waals surface area contributed by atoms with Gasteiger partial charge < -0.3 is 9.64 Å². The average Bonchev–Trinajstić information content (AvgIpc) is 3.38. The number of pyridine rings is 1. The summed E-state index contributed by atoms with van der Waals surface area (Å²) in [5, 5.41) is 23.2. The lowest BCUT2D eigenvalue weighted by Crippen LogP contribution is -2.47. The number of rotatable bonds is 11. The molecule has 1 aliphatic rings. The summed E-state index contributed by atoms with van der Waals surface area (Å²) in [7, 11) is 3.89. The normalized spacial score (nSPS) is 12.8. The fourth-order valence-corrected chi connectivity index (χ4v) is 4.97. The minimum Gasteiger partial charge on any atom is -0.462 e. The molecule has 0 radical (unpaired) electrons. The van der Waals surface area contributed by atoms with Crippen LogP contribution in [0.4, 0.5) is 11.4 Å². The van der Waals surface area contributed by atoms with Crippen molar-refractivity contribution >= 4 is 35.4 Å². The number of aromatic nitrogens is 1. The van der Waals surface area contributed by atoms with Crippen molar-refractivity contribution in [3.05, 3.63) is 128 Å². The Morgan fingerprint density at radius 1 is 0.870 bits per heavy atom. The molecule has 4 aromatic rings. The number of nitrogens with zero attached hydrogens (tertiary/aromatic N) is 4. The van der Waals surface area contributed by atoms with Crippen LogP contribution in [0.1, 0.15) is 44.3 Å². The van der Waals surface area contributed by atoms with E-state index in [4.69, 9.17) is 15.3 Å². The highest BCUT2D eigenvalue weighted by Gasteiger charge is 2.35.